The second-order valence-corrected chi connectivity index (χ2v) is 4.73. The summed E-state index contributed by atoms with van der Waals surface area (Å²) in [5.41, 5.74) is 0. The molecule has 1 N–H and O–H groups in total. The van der Waals surface area contributed by atoms with Gasteiger partial charge < -0.3 is 0 Å². The van der Waals surface area contributed by atoms with Gasteiger partial charge in [-0.1, -0.05) is 17.7 Å². The van der Waals surface area contributed by atoms with Gasteiger partial charge in [0.1, 0.15) is 4.91 Å². The third-order valence-corrected chi connectivity index (χ3v) is 3.08. The Hall–Kier alpha value is -0.0300. The average molecular weight is 229 g/mol. The molecule has 68 valence electrons. The molecule has 0 saturated heterocycles. The van der Waals surface area contributed by atoms with Crippen molar-refractivity contribution in [3.05, 3.63) is 22.1 Å². The Kier molecular flexibility index (Phi) is 2.83. The van der Waals surface area contributed by atoms with Crippen LogP contribution >= 0.6 is 23.2 Å². The van der Waals surface area contributed by atoms with E-state index in [0.29, 0.717) is 0 Å². The molecule has 0 radical (unpaired) electrons. The number of hydrogen-bond acceptors (Lipinski definition) is 2. The van der Waals surface area contributed by atoms with E-state index < -0.39 is 10.1 Å². The van der Waals surface area contributed by atoms with Gasteiger partial charge in [0, 0.05) is 11.5 Å². The molecular formula is C6H6Cl2O3S. The van der Waals surface area contributed by atoms with Crippen molar-refractivity contribution >= 4 is 33.3 Å². The van der Waals surface area contributed by atoms with Gasteiger partial charge in [0.25, 0.3) is 10.1 Å². The molecule has 1 rings (SSSR count). The lowest BCUT2D eigenvalue weighted by Gasteiger charge is -2.11. The van der Waals surface area contributed by atoms with Crippen molar-refractivity contribution in [2.45, 2.75) is 11.8 Å². The summed E-state index contributed by atoms with van der Waals surface area (Å²) >= 11 is 11.2. The van der Waals surface area contributed by atoms with Crippen LogP contribution in [0.2, 0.25) is 0 Å². The van der Waals surface area contributed by atoms with Crippen LogP contribution in [0.15, 0.2) is 22.1 Å². The summed E-state index contributed by atoms with van der Waals surface area (Å²) in [6.45, 7) is 0. The SMILES string of the molecule is O=S(=O)(O)C1=C(Cl)CC(Cl)C=C1. The van der Waals surface area contributed by atoms with Gasteiger partial charge in [0.2, 0.25) is 0 Å². The second kappa shape index (κ2) is 3.38. The number of allylic oxidation sites excluding steroid dienone is 3. The van der Waals surface area contributed by atoms with Gasteiger partial charge in [0.15, 0.2) is 0 Å². The summed E-state index contributed by atoms with van der Waals surface area (Å²) in [7, 11) is -4.20. The Morgan fingerprint density at radius 2 is 2.17 bits per heavy atom. The molecule has 0 fully saturated rings. The van der Waals surface area contributed by atoms with E-state index >= 15 is 0 Å². The maximum atomic E-state index is 10.6. The van der Waals surface area contributed by atoms with E-state index in [4.69, 9.17) is 27.8 Å². The Labute approximate surface area is 80.4 Å². The predicted octanol–water partition coefficient (Wildman–Crippen LogP) is 1.89. The smallest absolute Gasteiger partial charge is 0.282 e. The first kappa shape index (κ1) is 10.1. The minimum Gasteiger partial charge on any atom is -0.282 e. The van der Waals surface area contributed by atoms with Crippen molar-refractivity contribution in [3.63, 3.8) is 0 Å². The van der Waals surface area contributed by atoms with Crippen molar-refractivity contribution in [2.75, 3.05) is 0 Å². The largest absolute Gasteiger partial charge is 0.295 e. The van der Waals surface area contributed by atoms with Crippen LogP contribution in [-0.4, -0.2) is 18.3 Å². The van der Waals surface area contributed by atoms with Crippen molar-refractivity contribution in [1.82, 2.24) is 0 Å². The van der Waals surface area contributed by atoms with E-state index in [-0.39, 0.29) is 21.7 Å². The van der Waals surface area contributed by atoms with E-state index in [9.17, 15) is 8.42 Å². The summed E-state index contributed by atoms with van der Waals surface area (Å²) in [6.07, 6.45) is 2.91. The van der Waals surface area contributed by atoms with Gasteiger partial charge in [-0.15, -0.1) is 11.6 Å². The van der Waals surface area contributed by atoms with E-state index in [0.717, 1.165) is 0 Å². The van der Waals surface area contributed by atoms with E-state index in [1.807, 2.05) is 0 Å². The number of hydrogen-bond donors (Lipinski definition) is 1. The molecule has 3 nitrogen and oxygen atoms in total. The van der Waals surface area contributed by atoms with Gasteiger partial charge >= 0.3 is 0 Å². The zero-order valence-corrected chi connectivity index (χ0v) is 8.20. The first-order valence-corrected chi connectivity index (χ1v) is 5.35. The van der Waals surface area contributed by atoms with Crippen LogP contribution in [0.4, 0.5) is 0 Å². The molecule has 1 unspecified atom stereocenters. The molecule has 12 heavy (non-hydrogen) atoms. The Bertz CT molecular complexity index is 342. The van der Waals surface area contributed by atoms with Gasteiger partial charge in [0.05, 0.1) is 5.38 Å². The predicted molar refractivity (Wildman–Crippen MR) is 47.8 cm³/mol. The van der Waals surface area contributed by atoms with Gasteiger partial charge in [-0.25, -0.2) is 0 Å². The molecule has 6 heteroatoms. The maximum absolute atomic E-state index is 10.6. The molecule has 0 aliphatic heterocycles. The molecule has 0 spiro atoms. The molecule has 1 atom stereocenters. The van der Waals surface area contributed by atoms with E-state index in [2.05, 4.69) is 0 Å². The van der Waals surface area contributed by atoms with Crippen LogP contribution in [0.25, 0.3) is 0 Å². The third kappa shape index (κ3) is 2.23. The van der Waals surface area contributed by atoms with E-state index in [1.165, 1.54) is 12.2 Å². The van der Waals surface area contributed by atoms with Crippen LogP contribution in [0, 0.1) is 0 Å². The van der Waals surface area contributed by atoms with Crippen molar-refractivity contribution < 1.29 is 13.0 Å². The molecule has 0 amide bonds. The zero-order chi connectivity index (χ0) is 9.35. The Morgan fingerprint density at radius 1 is 1.58 bits per heavy atom. The topological polar surface area (TPSA) is 54.4 Å². The lowest BCUT2D eigenvalue weighted by atomic mass is 10.2. The molecule has 0 aromatic heterocycles. The normalized spacial score (nSPS) is 24.8. The highest BCUT2D eigenvalue weighted by molar-refractivity contribution is 7.90. The summed E-state index contributed by atoms with van der Waals surface area (Å²) in [6, 6.07) is 0. The number of alkyl halides is 1. The first-order chi connectivity index (χ1) is 5.41. The first-order valence-electron chi connectivity index (χ1n) is 3.09. The summed E-state index contributed by atoms with van der Waals surface area (Å²) in [4.78, 5) is -0.263. The van der Waals surface area contributed by atoms with Crippen LogP contribution < -0.4 is 0 Å². The molecule has 0 aromatic carbocycles. The van der Waals surface area contributed by atoms with Gasteiger partial charge in [-0.05, 0) is 6.08 Å². The van der Waals surface area contributed by atoms with Gasteiger partial charge in [-0.3, -0.25) is 4.55 Å². The average Bonchev–Trinajstić information content (AvgIpc) is 1.83. The standard InChI is InChI=1S/C6H6Cl2O3S/c7-4-1-2-6(5(8)3-4)12(9,10)11/h1-2,4H,3H2,(H,9,10,11). The fourth-order valence-electron chi connectivity index (χ4n) is 0.848. The molecule has 0 aromatic rings. The second-order valence-electron chi connectivity index (χ2n) is 2.32. The van der Waals surface area contributed by atoms with Crippen molar-refractivity contribution in [2.24, 2.45) is 0 Å². The van der Waals surface area contributed by atoms with Gasteiger partial charge in [-0.2, -0.15) is 8.42 Å². The zero-order valence-electron chi connectivity index (χ0n) is 5.87. The fraction of sp³-hybridized carbons (Fsp3) is 0.333. The third-order valence-electron chi connectivity index (χ3n) is 1.38. The lowest BCUT2D eigenvalue weighted by molar-refractivity contribution is 0.491. The minimum atomic E-state index is -4.20. The van der Waals surface area contributed by atoms with Crippen LogP contribution in [-0.2, 0) is 10.1 Å². The molecule has 0 heterocycles. The lowest BCUT2D eigenvalue weighted by Crippen LogP contribution is -2.08. The quantitative estimate of drug-likeness (QED) is 0.551. The van der Waals surface area contributed by atoms with Crippen LogP contribution in [0.3, 0.4) is 0 Å². The Morgan fingerprint density at radius 3 is 2.58 bits per heavy atom. The summed E-state index contributed by atoms with van der Waals surface area (Å²) in [5, 5.41) is -0.233. The molecule has 1 aliphatic rings. The Balaban J connectivity index is 3.09. The number of halogens is 2. The molecule has 0 saturated carbocycles. The molecular weight excluding hydrogens is 223 g/mol. The molecule has 0 bridgehead atoms. The van der Waals surface area contributed by atoms with Crippen molar-refractivity contribution in [3.8, 4) is 0 Å². The minimum absolute atomic E-state index is 0.0694. The molecule has 1 aliphatic carbocycles. The van der Waals surface area contributed by atoms with Crippen LogP contribution in [0.1, 0.15) is 6.42 Å². The fourth-order valence-corrected chi connectivity index (χ4v) is 2.29. The monoisotopic (exact) mass is 228 g/mol. The van der Waals surface area contributed by atoms with E-state index in [1.54, 1.807) is 0 Å². The highest BCUT2D eigenvalue weighted by atomic mass is 35.5. The van der Waals surface area contributed by atoms with Crippen LogP contribution in [0.5, 0.6) is 0 Å². The highest BCUT2D eigenvalue weighted by Crippen LogP contribution is 2.28. The van der Waals surface area contributed by atoms with Crippen molar-refractivity contribution in [1.29, 1.82) is 0 Å². The summed E-state index contributed by atoms with van der Waals surface area (Å²) < 4.78 is 29.9. The number of rotatable bonds is 1. The highest BCUT2D eigenvalue weighted by Gasteiger charge is 2.21. The maximum Gasteiger partial charge on any atom is 0.295 e. The summed E-state index contributed by atoms with van der Waals surface area (Å²) in [5.74, 6) is 0.